The molecule has 0 heterocycles. The van der Waals surface area contributed by atoms with Gasteiger partial charge in [-0.15, -0.1) is 0 Å². The summed E-state index contributed by atoms with van der Waals surface area (Å²) in [4.78, 5) is 22.1. The highest BCUT2D eigenvalue weighted by molar-refractivity contribution is 5.99. The molecule has 0 saturated carbocycles. The normalized spacial score (nSPS) is 10.4. The average molecular weight is 344 g/mol. The first-order valence-electron chi connectivity index (χ1n) is 8.25. The molecule has 0 aromatic heterocycles. The minimum Gasteiger partial charge on any atom is -0.388 e. The van der Waals surface area contributed by atoms with Crippen LogP contribution in [0.3, 0.4) is 0 Å². The summed E-state index contributed by atoms with van der Waals surface area (Å²) in [5.74, 6) is 0.0711. The van der Waals surface area contributed by atoms with Crippen molar-refractivity contribution in [2.45, 2.75) is 32.8 Å². The second-order valence-electron chi connectivity index (χ2n) is 5.20. The number of aliphatic hydroxyl groups is 1. The molecule has 0 aliphatic heterocycles. The summed E-state index contributed by atoms with van der Waals surface area (Å²) in [6.45, 7) is 3.76. The van der Waals surface area contributed by atoms with Crippen LogP contribution in [0.4, 0.5) is 0 Å². The Morgan fingerprint density at radius 2 is 1.28 bits per heavy atom. The monoisotopic (exact) mass is 344 g/mol. The molecule has 4 heteroatoms. The summed E-state index contributed by atoms with van der Waals surface area (Å²) in [6, 6.07) is 17.7. The molecule has 0 fully saturated rings. The fraction of sp³-hybridized carbons (Fsp3) is 0.333. The molecule has 0 aliphatic rings. The zero-order valence-electron chi connectivity index (χ0n) is 15.4. The Labute approximate surface area is 150 Å². The van der Waals surface area contributed by atoms with Crippen molar-refractivity contribution in [2.24, 2.45) is 0 Å². The van der Waals surface area contributed by atoms with Crippen LogP contribution in [0.5, 0.6) is 0 Å². The molecule has 0 bridgehead atoms. The highest BCUT2D eigenvalue weighted by Crippen LogP contribution is 2.17. The topological polar surface area (TPSA) is 63.6 Å². The lowest BCUT2D eigenvalue weighted by Gasteiger charge is -2.09. The molecule has 0 aliphatic carbocycles. The van der Waals surface area contributed by atoms with E-state index >= 15 is 0 Å². The van der Waals surface area contributed by atoms with Crippen LogP contribution in [0, 0.1) is 0 Å². The number of rotatable bonds is 5. The lowest BCUT2D eigenvalue weighted by Crippen LogP contribution is -2.11. The number of ether oxygens (including phenoxy) is 1. The van der Waals surface area contributed by atoms with E-state index < -0.39 is 6.10 Å². The zero-order chi connectivity index (χ0) is 19.1. The van der Waals surface area contributed by atoms with Crippen molar-refractivity contribution in [3.63, 3.8) is 0 Å². The maximum Gasteiger partial charge on any atom is 0.195 e. The molecular weight excluding hydrogens is 316 g/mol. The molecule has 1 unspecified atom stereocenters. The lowest BCUT2D eigenvalue weighted by molar-refractivity contribution is -0.118. The number of ketones is 2. The minimum absolute atomic E-state index is 0.271. The smallest absolute Gasteiger partial charge is 0.195 e. The van der Waals surface area contributed by atoms with Crippen molar-refractivity contribution < 1.29 is 19.4 Å². The van der Waals surface area contributed by atoms with Gasteiger partial charge in [-0.2, -0.15) is 0 Å². The quantitative estimate of drug-likeness (QED) is 0.824. The molecular formula is C21H28O4. The average Bonchev–Trinajstić information content (AvgIpc) is 2.68. The molecule has 0 amide bonds. The molecule has 2 aromatic rings. The standard InChI is InChI=1S/C14H12O2.C5H10O.C2H6O/c15-13(11-7-3-1-4-8-11)14(16)12-9-5-2-6-10-12;1-3-5(6)4-2;1-3-2/h1-10,13,15H;3-4H2,1-2H3;1-2H3. The van der Waals surface area contributed by atoms with E-state index in [1.165, 1.54) is 0 Å². The van der Waals surface area contributed by atoms with E-state index in [4.69, 9.17) is 0 Å². The molecule has 2 aromatic carbocycles. The van der Waals surface area contributed by atoms with Gasteiger partial charge in [0.05, 0.1) is 0 Å². The first-order chi connectivity index (χ1) is 12.0. The highest BCUT2D eigenvalue weighted by Gasteiger charge is 2.18. The minimum atomic E-state index is -1.08. The van der Waals surface area contributed by atoms with Crippen LogP contribution in [-0.4, -0.2) is 30.9 Å². The summed E-state index contributed by atoms with van der Waals surface area (Å²) in [5, 5.41) is 9.89. The first-order valence-corrected chi connectivity index (χ1v) is 8.25. The number of carbonyl (C=O) groups excluding carboxylic acids is 2. The van der Waals surface area contributed by atoms with Crippen molar-refractivity contribution in [3.05, 3.63) is 71.8 Å². The fourth-order valence-corrected chi connectivity index (χ4v) is 1.80. The number of carbonyl (C=O) groups is 2. The number of hydrogen-bond acceptors (Lipinski definition) is 4. The van der Waals surface area contributed by atoms with Crippen LogP contribution < -0.4 is 0 Å². The van der Waals surface area contributed by atoms with Gasteiger partial charge in [-0.25, -0.2) is 0 Å². The number of aliphatic hydroxyl groups excluding tert-OH is 1. The van der Waals surface area contributed by atoms with Crippen LogP contribution in [0.2, 0.25) is 0 Å². The molecule has 1 N–H and O–H groups in total. The molecule has 4 nitrogen and oxygen atoms in total. The van der Waals surface area contributed by atoms with Crippen LogP contribution in [0.25, 0.3) is 0 Å². The van der Waals surface area contributed by atoms with Crippen LogP contribution in [0.15, 0.2) is 60.7 Å². The number of benzene rings is 2. The van der Waals surface area contributed by atoms with E-state index in [1.807, 2.05) is 26.0 Å². The third-order valence-electron chi connectivity index (χ3n) is 3.21. The van der Waals surface area contributed by atoms with Crippen molar-refractivity contribution in [3.8, 4) is 0 Å². The van der Waals surface area contributed by atoms with Crippen molar-refractivity contribution in [1.29, 1.82) is 0 Å². The van der Waals surface area contributed by atoms with Crippen LogP contribution >= 0.6 is 0 Å². The highest BCUT2D eigenvalue weighted by atomic mass is 16.4. The van der Waals surface area contributed by atoms with Gasteiger partial charge in [-0.1, -0.05) is 74.5 Å². The third-order valence-corrected chi connectivity index (χ3v) is 3.21. The second kappa shape index (κ2) is 14.1. The van der Waals surface area contributed by atoms with E-state index in [0.717, 1.165) is 0 Å². The Balaban J connectivity index is 0.000000538. The van der Waals surface area contributed by atoms with Crippen molar-refractivity contribution in [1.82, 2.24) is 0 Å². The third kappa shape index (κ3) is 9.55. The Hall–Kier alpha value is -2.30. The van der Waals surface area contributed by atoms with E-state index in [2.05, 4.69) is 4.74 Å². The predicted octanol–water partition coefficient (Wildman–Crippen LogP) is 4.24. The summed E-state index contributed by atoms with van der Waals surface area (Å²) in [5.41, 5.74) is 1.15. The van der Waals surface area contributed by atoms with Gasteiger partial charge in [0.15, 0.2) is 5.78 Å². The molecule has 1 atom stereocenters. The summed E-state index contributed by atoms with van der Waals surface area (Å²) < 4.78 is 4.25. The van der Waals surface area contributed by atoms with Gasteiger partial charge < -0.3 is 9.84 Å². The molecule has 136 valence electrons. The zero-order valence-corrected chi connectivity index (χ0v) is 15.4. The maximum absolute atomic E-state index is 11.9. The molecule has 25 heavy (non-hydrogen) atoms. The number of Topliss-reactive ketones (excluding diaryl/α,β-unsaturated/α-hetero) is 2. The number of hydrogen-bond donors (Lipinski definition) is 1. The van der Waals surface area contributed by atoms with E-state index in [-0.39, 0.29) is 5.78 Å². The van der Waals surface area contributed by atoms with Gasteiger partial charge in [0.25, 0.3) is 0 Å². The predicted molar refractivity (Wildman–Crippen MR) is 101 cm³/mol. The van der Waals surface area contributed by atoms with Gasteiger partial charge >= 0.3 is 0 Å². The van der Waals surface area contributed by atoms with Crippen molar-refractivity contribution >= 4 is 11.6 Å². The van der Waals surface area contributed by atoms with Gasteiger partial charge in [0, 0.05) is 32.6 Å². The van der Waals surface area contributed by atoms with E-state index in [9.17, 15) is 14.7 Å². The van der Waals surface area contributed by atoms with Crippen molar-refractivity contribution in [2.75, 3.05) is 14.2 Å². The molecule has 0 radical (unpaired) electrons. The van der Waals surface area contributed by atoms with E-state index in [1.54, 1.807) is 62.8 Å². The summed E-state index contributed by atoms with van der Waals surface area (Å²) in [6.07, 6.45) is 0.302. The Morgan fingerprint density at radius 1 is 0.880 bits per heavy atom. The van der Waals surface area contributed by atoms with Gasteiger partial charge in [-0.05, 0) is 5.56 Å². The van der Waals surface area contributed by atoms with Crippen LogP contribution in [0.1, 0.15) is 48.7 Å². The lowest BCUT2D eigenvalue weighted by atomic mass is 10.0. The van der Waals surface area contributed by atoms with Gasteiger partial charge in [-0.3, -0.25) is 9.59 Å². The molecule has 0 spiro atoms. The Morgan fingerprint density at radius 3 is 1.64 bits per heavy atom. The van der Waals surface area contributed by atoms with Gasteiger partial charge in [0.2, 0.25) is 0 Å². The first kappa shape index (κ1) is 22.7. The Kier molecular flexibility index (Phi) is 12.8. The number of methoxy groups -OCH3 is 1. The SMILES string of the molecule is CCC(=O)CC.COC.O=C(c1ccccc1)C(O)c1ccccc1. The fourth-order valence-electron chi connectivity index (χ4n) is 1.80. The van der Waals surface area contributed by atoms with Gasteiger partial charge in [0.1, 0.15) is 11.9 Å². The Bertz CT molecular complexity index is 588. The summed E-state index contributed by atoms with van der Waals surface area (Å²) >= 11 is 0. The summed E-state index contributed by atoms with van der Waals surface area (Å²) in [7, 11) is 3.25. The maximum atomic E-state index is 11.9. The van der Waals surface area contributed by atoms with E-state index in [0.29, 0.717) is 29.8 Å². The molecule has 2 rings (SSSR count). The largest absolute Gasteiger partial charge is 0.388 e. The second-order valence-corrected chi connectivity index (χ2v) is 5.20. The molecule has 0 saturated heterocycles. The van der Waals surface area contributed by atoms with Crippen LogP contribution in [-0.2, 0) is 9.53 Å².